The third-order valence-electron chi connectivity index (χ3n) is 2.11. The molecule has 1 saturated carbocycles. The Morgan fingerprint density at radius 1 is 1.57 bits per heavy atom. The first-order chi connectivity index (χ1) is 6.72. The van der Waals surface area contributed by atoms with Crippen molar-refractivity contribution in [1.29, 1.82) is 0 Å². The van der Waals surface area contributed by atoms with E-state index in [0.717, 1.165) is 0 Å². The van der Waals surface area contributed by atoms with Crippen LogP contribution in [0.4, 0.5) is 0 Å². The SMILES string of the molecule is CCOCC(C)NC(=O)CNC1CC1. The maximum absolute atomic E-state index is 11.3. The summed E-state index contributed by atoms with van der Waals surface area (Å²) in [6, 6.07) is 0.686. The number of rotatable bonds is 7. The van der Waals surface area contributed by atoms with Crippen molar-refractivity contribution in [2.24, 2.45) is 0 Å². The van der Waals surface area contributed by atoms with Crippen LogP contribution in [0.5, 0.6) is 0 Å². The molecule has 1 atom stereocenters. The van der Waals surface area contributed by atoms with Crippen LogP contribution in [0.2, 0.25) is 0 Å². The van der Waals surface area contributed by atoms with Gasteiger partial charge in [-0.2, -0.15) is 0 Å². The summed E-state index contributed by atoms with van der Waals surface area (Å²) in [5.41, 5.74) is 0. The number of ether oxygens (including phenoxy) is 1. The Labute approximate surface area is 85.4 Å². The lowest BCUT2D eigenvalue weighted by Gasteiger charge is -2.13. The van der Waals surface area contributed by atoms with Crippen molar-refractivity contribution in [3.63, 3.8) is 0 Å². The average Bonchev–Trinajstić information content (AvgIpc) is 2.95. The monoisotopic (exact) mass is 200 g/mol. The van der Waals surface area contributed by atoms with Gasteiger partial charge in [-0.3, -0.25) is 4.79 Å². The maximum Gasteiger partial charge on any atom is 0.234 e. The smallest absolute Gasteiger partial charge is 0.234 e. The second kappa shape index (κ2) is 5.98. The third kappa shape index (κ3) is 5.19. The Bertz CT molecular complexity index is 181. The fourth-order valence-electron chi connectivity index (χ4n) is 1.19. The van der Waals surface area contributed by atoms with Gasteiger partial charge in [0.15, 0.2) is 0 Å². The first kappa shape index (κ1) is 11.5. The minimum absolute atomic E-state index is 0.0594. The summed E-state index contributed by atoms with van der Waals surface area (Å²) in [6.07, 6.45) is 2.42. The quantitative estimate of drug-likeness (QED) is 0.620. The fourth-order valence-corrected chi connectivity index (χ4v) is 1.19. The maximum atomic E-state index is 11.3. The molecule has 0 bridgehead atoms. The molecule has 1 rings (SSSR count). The largest absolute Gasteiger partial charge is 0.380 e. The molecule has 1 aliphatic rings. The van der Waals surface area contributed by atoms with Crippen molar-refractivity contribution >= 4 is 5.91 Å². The highest BCUT2D eigenvalue weighted by Crippen LogP contribution is 2.17. The summed E-state index contributed by atoms with van der Waals surface area (Å²) >= 11 is 0. The average molecular weight is 200 g/mol. The molecule has 2 N–H and O–H groups in total. The number of hydrogen-bond donors (Lipinski definition) is 2. The summed E-state index contributed by atoms with van der Waals surface area (Å²) in [6.45, 7) is 5.61. The van der Waals surface area contributed by atoms with E-state index in [0.29, 0.717) is 25.8 Å². The van der Waals surface area contributed by atoms with Gasteiger partial charge in [0, 0.05) is 18.7 Å². The molecule has 0 aromatic rings. The molecule has 0 aliphatic heterocycles. The predicted molar refractivity (Wildman–Crippen MR) is 55.1 cm³/mol. The van der Waals surface area contributed by atoms with Crippen molar-refractivity contribution < 1.29 is 9.53 Å². The minimum atomic E-state index is 0.0594. The molecule has 14 heavy (non-hydrogen) atoms. The topological polar surface area (TPSA) is 50.4 Å². The minimum Gasteiger partial charge on any atom is -0.380 e. The summed E-state index contributed by atoms with van der Waals surface area (Å²) in [5.74, 6) is 0.0594. The van der Waals surface area contributed by atoms with Crippen LogP contribution in [0.15, 0.2) is 0 Å². The van der Waals surface area contributed by atoms with Crippen LogP contribution in [-0.4, -0.2) is 37.7 Å². The van der Waals surface area contributed by atoms with E-state index in [1.54, 1.807) is 0 Å². The number of carbonyl (C=O) groups is 1. The van der Waals surface area contributed by atoms with Crippen molar-refractivity contribution in [1.82, 2.24) is 10.6 Å². The zero-order valence-corrected chi connectivity index (χ0v) is 9.01. The zero-order valence-electron chi connectivity index (χ0n) is 9.01. The highest BCUT2D eigenvalue weighted by molar-refractivity contribution is 5.78. The van der Waals surface area contributed by atoms with Crippen molar-refractivity contribution in [3.8, 4) is 0 Å². The van der Waals surface area contributed by atoms with Gasteiger partial charge in [0.25, 0.3) is 0 Å². The van der Waals surface area contributed by atoms with Crippen molar-refractivity contribution in [3.05, 3.63) is 0 Å². The van der Waals surface area contributed by atoms with Gasteiger partial charge in [0.05, 0.1) is 13.2 Å². The van der Waals surface area contributed by atoms with E-state index in [4.69, 9.17) is 4.74 Å². The lowest BCUT2D eigenvalue weighted by Crippen LogP contribution is -2.41. The lowest BCUT2D eigenvalue weighted by atomic mass is 10.3. The first-order valence-corrected chi connectivity index (χ1v) is 5.33. The molecule has 0 saturated heterocycles. The van der Waals surface area contributed by atoms with Gasteiger partial charge in [0.1, 0.15) is 0 Å². The molecule has 4 nitrogen and oxygen atoms in total. The molecule has 1 unspecified atom stereocenters. The highest BCUT2D eigenvalue weighted by atomic mass is 16.5. The molecule has 0 aromatic heterocycles. The molecule has 0 radical (unpaired) electrons. The second-order valence-corrected chi connectivity index (χ2v) is 3.78. The first-order valence-electron chi connectivity index (χ1n) is 5.33. The number of carbonyl (C=O) groups excluding carboxylic acids is 1. The van der Waals surface area contributed by atoms with Gasteiger partial charge in [-0.05, 0) is 26.7 Å². The van der Waals surface area contributed by atoms with E-state index >= 15 is 0 Å². The van der Waals surface area contributed by atoms with Crippen LogP contribution in [0, 0.1) is 0 Å². The van der Waals surface area contributed by atoms with Crippen LogP contribution in [0.25, 0.3) is 0 Å². The van der Waals surface area contributed by atoms with E-state index in [2.05, 4.69) is 10.6 Å². The summed E-state index contributed by atoms with van der Waals surface area (Å²) in [7, 11) is 0. The van der Waals surface area contributed by atoms with E-state index in [-0.39, 0.29) is 11.9 Å². The van der Waals surface area contributed by atoms with Crippen LogP contribution < -0.4 is 10.6 Å². The standard InChI is InChI=1S/C10H20N2O2/c1-3-14-7-8(2)12-10(13)6-11-9-4-5-9/h8-9,11H,3-7H2,1-2H3,(H,12,13). The van der Waals surface area contributed by atoms with Gasteiger partial charge in [-0.15, -0.1) is 0 Å². The summed E-state index contributed by atoms with van der Waals surface area (Å²) in [5, 5.41) is 6.04. The molecular weight excluding hydrogens is 180 g/mol. The Morgan fingerprint density at radius 3 is 2.86 bits per heavy atom. The Morgan fingerprint density at radius 2 is 2.29 bits per heavy atom. The van der Waals surface area contributed by atoms with Crippen LogP contribution in [0.1, 0.15) is 26.7 Å². The number of hydrogen-bond acceptors (Lipinski definition) is 3. The van der Waals surface area contributed by atoms with Gasteiger partial charge < -0.3 is 15.4 Å². The molecule has 0 spiro atoms. The third-order valence-corrected chi connectivity index (χ3v) is 2.11. The molecule has 4 heteroatoms. The molecule has 0 heterocycles. The molecule has 1 aliphatic carbocycles. The molecule has 82 valence electrons. The lowest BCUT2D eigenvalue weighted by molar-refractivity contribution is -0.121. The second-order valence-electron chi connectivity index (χ2n) is 3.78. The number of nitrogens with one attached hydrogen (secondary N) is 2. The van der Waals surface area contributed by atoms with Crippen LogP contribution in [0.3, 0.4) is 0 Å². The summed E-state index contributed by atoms with van der Waals surface area (Å²) < 4.78 is 5.20. The van der Waals surface area contributed by atoms with Crippen LogP contribution >= 0.6 is 0 Å². The molecule has 1 amide bonds. The predicted octanol–water partition coefficient (Wildman–Crippen LogP) is 0.280. The van der Waals surface area contributed by atoms with Gasteiger partial charge in [-0.25, -0.2) is 0 Å². The van der Waals surface area contributed by atoms with E-state index < -0.39 is 0 Å². The molecular formula is C10H20N2O2. The zero-order chi connectivity index (χ0) is 10.4. The Balaban J connectivity index is 1.99. The Kier molecular flexibility index (Phi) is 4.90. The summed E-state index contributed by atoms with van der Waals surface area (Å²) in [4.78, 5) is 11.3. The molecule has 0 aromatic carbocycles. The van der Waals surface area contributed by atoms with Gasteiger partial charge >= 0.3 is 0 Å². The Hall–Kier alpha value is -0.610. The van der Waals surface area contributed by atoms with Gasteiger partial charge in [-0.1, -0.05) is 0 Å². The van der Waals surface area contributed by atoms with E-state index in [1.165, 1.54) is 12.8 Å². The van der Waals surface area contributed by atoms with Crippen molar-refractivity contribution in [2.45, 2.75) is 38.8 Å². The molecule has 1 fully saturated rings. The van der Waals surface area contributed by atoms with E-state index in [9.17, 15) is 4.79 Å². The van der Waals surface area contributed by atoms with E-state index in [1.807, 2.05) is 13.8 Å². The number of amides is 1. The van der Waals surface area contributed by atoms with Crippen molar-refractivity contribution in [2.75, 3.05) is 19.8 Å². The fraction of sp³-hybridized carbons (Fsp3) is 0.900. The van der Waals surface area contributed by atoms with Crippen LogP contribution in [-0.2, 0) is 9.53 Å². The van der Waals surface area contributed by atoms with Gasteiger partial charge in [0.2, 0.25) is 5.91 Å². The highest BCUT2D eigenvalue weighted by Gasteiger charge is 2.21. The normalized spacial score (nSPS) is 17.9.